The Morgan fingerprint density at radius 1 is 1.07 bits per heavy atom. The molecule has 1 saturated heterocycles. The molecule has 1 aromatic carbocycles. The smallest absolute Gasteiger partial charge is 0.274 e. The lowest BCUT2D eigenvalue weighted by Gasteiger charge is -2.30. The number of carbonyl (C=O) groups is 1. The highest BCUT2D eigenvalue weighted by Crippen LogP contribution is 2.29. The molecule has 3 aromatic rings. The third-order valence-electron chi connectivity index (χ3n) is 5.00. The van der Waals surface area contributed by atoms with E-state index in [1.807, 2.05) is 6.92 Å². The Balaban J connectivity index is 1.41. The van der Waals surface area contributed by atoms with Gasteiger partial charge in [-0.2, -0.15) is 0 Å². The van der Waals surface area contributed by atoms with Gasteiger partial charge in [0.05, 0.1) is 23.8 Å². The number of aryl methyl sites for hydroxylation is 1. The first-order valence-electron chi connectivity index (χ1n) is 9.09. The lowest BCUT2D eigenvalue weighted by molar-refractivity contribution is 0.0704. The van der Waals surface area contributed by atoms with Crippen molar-refractivity contribution in [3.63, 3.8) is 0 Å². The third-order valence-corrected chi connectivity index (χ3v) is 5.00. The fourth-order valence-electron chi connectivity index (χ4n) is 3.38. The first kappa shape index (κ1) is 18.2. The summed E-state index contributed by atoms with van der Waals surface area (Å²) in [6.07, 6.45) is 6.24. The van der Waals surface area contributed by atoms with Crippen LogP contribution in [0.5, 0.6) is 0 Å². The van der Waals surface area contributed by atoms with Crippen molar-refractivity contribution >= 4 is 5.91 Å². The molecule has 1 amide bonds. The predicted molar refractivity (Wildman–Crippen MR) is 98.6 cm³/mol. The molecule has 6 nitrogen and oxygen atoms in total. The number of carbonyl (C=O) groups excluding carboxylic acids is 1. The fraction of sp³-hybridized carbons (Fsp3) is 0.300. The van der Waals surface area contributed by atoms with Gasteiger partial charge in [-0.25, -0.2) is 18.7 Å². The van der Waals surface area contributed by atoms with Gasteiger partial charge in [-0.05, 0) is 38.0 Å². The Labute approximate surface area is 160 Å². The molecule has 3 heterocycles. The van der Waals surface area contributed by atoms with Gasteiger partial charge in [0.25, 0.3) is 5.91 Å². The minimum absolute atomic E-state index is 0.118. The Morgan fingerprint density at radius 3 is 2.54 bits per heavy atom. The molecule has 8 heteroatoms. The second kappa shape index (κ2) is 7.46. The summed E-state index contributed by atoms with van der Waals surface area (Å²) in [4.78, 5) is 30.2. The highest BCUT2D eigenvalue weighted by atomic mass is 19.2. The van der Waals surface area contributed by atoms with Crippen molar-refractivity contribution in [3.05, 3.63) is 65.6 Å². The molecular formula is C20H19F2N5O. The first-order valence-corrected chi connectivity index (χ1v) is 9.09. The van der Waals surface area contributed by atoms with E-state index in [4.69, 9.17) is 0 Å². The number of aromatic nitrogens is 4. The van der Waals surface area contributed by atoms with E-state index in [0.717, 1.165) is 36.5 Å². The van der Waals surface area contributed by atoms with Crippen molar-refractivity contribution in [2.45, 2.75) is 25.7 Å². The van der Waals surface area contributed by atoms with E-state index in [9.17, 15) is 13.6 Å². The SMILES string of the molecule is Cc1cnc(C(=O)N2CCC(c3ncc(-c4ccc(F)c(F)c4)[nH]3)CC2)cn1. The van der Waals surface area contributed by atoms with Crippen LogP contribution >= 0.6 is 0 Å². The second-order valence-corrected chi connectivity index (χ2v) is 6.92. The first-order chi connectivity index (χ1) is 13.5. The molecule has 28 heavy (non-hydrogen) atoms. The third kappa shape index (κ3) is 3.62. The van der Waals surface area contributed by atoms with Crippen LogP contribution < -0.4 is 0 Å². The number of hydrogen-bond donors (Lipinski definition) is 1. The number of rotatable bonds is 3. The van der Waals surface area contributed by atoms with E-state index >= 15 is 0 Å². The van der Waals surface area contributed by atoms with Gasteiger partial charge in [0.15, 0.2) is 11.6 Å². The molecule has 0 bridgehead atoms. The topological polar surface area (TPSA) is 74.8 Å². The minimum Gasteiger partial charge on any atom is -0.342 e. The molecule has 0 aliphatic carbocycles. The number of aromatic amines is 1. The maximum atomic E-state index is 13.5. The average molecular weight is 383 g/mol. The molecule has 1 aliphatic rings. The molecule has 0 saturated carbocycles. The zero-order chi connectivity index (χ0) is 19.7. The maximum absolute atomic E-state index is 13.5. The van der Waals surface area contributed by atoms with E-state index in [0.29, 0.717) is 30.0 Å². The average Bonchev–Trinajstić information content (AvgIpc) is 3.20. The van der Waals surface area contributed by atoms with Crippen LogP contribution in [0.4, 0.5) is 8.78 Å². The standard InChI is InChI=1S/C20H19F2N5O/c1-12-9-24-18(11-23-12)20(28)27-6-4-13(5-7-27)19-25-10-17(26-19)14-2-3-15(21)16(22)8-14/h2-3,8-11,13H,4-7H2,1H3,(H,25,26). The molecule has 1 fully saturated rings. The fourth-order valence-corrected chi connectivity index (χ4v) is 3.38. The molecule has 0 radical (unpaired) electrons. The largest absolute Gasteiger partial charge is 0.342 e. The lowest BCUT2D eigenvalue weighted by atomic mass is 9.96. The van der Waals surface area contributed by atoms with Crippen molar-refractivity contribution < 1.29 is 13.6 Å². The van der Waals surface area contributed by atoms with Crippen LogP contribution in [0.15, 0.2) is 36.8 Å². The van der Waals surface area contributed by atoms with Crippen LogP contribution in [0.3, 0.4) is 0 Å². The number of benzene rings is 1. The summed E-state index contributed by atoms with van der Waals surface area (Å²) >= 11 is 0. The summed E-state index contributed by atoms with van der Waals surface area (Å²) < 4.78 is 26.6. The molecule has 4 rings (SSSR count). The van der Waals surface area contributed by atoms with Crippen LogP contribution in [-0.4, -0.2) is 43.8 Å². The van der Waals surface area contributed by atoms with Crippen LogP contribution in [0.25, 0.3) is 11.3 Å². The Kier molecular flexibility index (Phi) is 4.85. The quantitative estimate of drug-likeness (QED) is 0.752. The van der Waals surface area contributed by atoms with E-state index < -0.39 is 11.6 Å². The number of piperidine rings is 1. The summed E-state index contributed by atoms with van der Waals surface area (Å²) in [7, 11) is 0. The number of likely N-dealkylation sites (tertiary alicyclic amines) is 1. The number of imidazole rings is 1. The van der Waals surface area contributed by atoms with E-state index in [-0.39, 0.29) is 11.8 Å². The number of amides is 1. The summed E-state index contributed by atoms with van der Waals surface area (Å²) in [5.41, 5.74) is 2.30. The molecule has 2 aromatic heterocycles. The normalized spacial score (nSPS) is 15.0. The highest BCUT2D eigenvalue weighted by Gasteiger charge is 2.27. The van der Waals surface area contributed by atoms with Gasteiger partial charge in [0.2, 0.25) is 0 Å². The van der Waals surface area contributed by atoms with Crippen molar-refractivity contribution in [2.24, 2.45) is 0 Å². The zero-order valence-corrected chi connectivity index (χ0v) is 15.3. The number of halogens is 2. The Morgan fingerprint density at radius 2 is 1.86 bits per heavy atom. The Hall–Kier alpha value is -3.16. The van der Waals surface area contributed by atoms with Crippen molar-refractivity contribution in [2.75, 3.05) is 13.1 Å². The molecule has 1 aliphatic heterocycles. The van der Waals surface area contributed by atoms with E-state index in [1.54, 1.807) is 17.3 Å². The van der Waals surface area contributed by atoms with Crippen LogP contribution in [-0.2, 0) is 0 Å². The molecule has 0 spiro atoms. The lowest BCUT2D eigenvalue weighted by Crippen LogP contribution is -2.38. The van der Waals surface area contributed by atoms with Gasteiger partial charge in [0, 0.05) is 30.8 Å². The summed E-state index contributed by atoms with van der Waals surface area (Å²) in [5, 5.41) is 0. The van der Waals surface area contributed by atoms with Gasteiger partial charge >= 0.3 is 0 Å². The van der Waals surface area contributed by atoms with Gasteiger partial charge in [-0.3, -0.25) is 9.78 Å². The van der Waals surface area contributed by atoms with Gasteiger partial charge in [0.1, 0.15) is 11.5 Å². The minimum atomic E-state index is -0.889. The van der Waals surface area contributed by atoms with Gasteiger partial charge < -0.3 is 9.88 Å². The number of nitrogens with zero attached hydrogens (tertiary/aromatic N) is 4. The van der Waals surface area contributed by atoms with Crippen LogP contribution in [0.1, 0.15) is 40.8 Å². The monoisotopic (exact) mass is 383 g/mol. The van der Waals surface area contributed by atoms with Gasteiger partial charge in [-0.15, -0.1) is 0 Å². The molecule has 1 N–H and O–H groups in total. The molecule has 144 valence electrons. The second-order valence-electron chi connectivity index (χ2n) is 6.92. The number of hydrogen-bond acceptors (Lipinski definition) is 4. The maximum Gasteiger partial charge on any atom is 0.274 e. The van der Waals surface area contributed by atoms with E-state index in [1.165, 1.54) is 12.3 Å². The summed E-state index contributed by atoms with van der Waals surface area (Å²) in [5.74, 6) is -0.916. The summed E-state index contributed by atoms with van der Waals surface area (Å²) in [6.45, 7) is 3.02. The zero-order valence-electron chi connectivity index (χ0n) is 15.3. The van der Waals surface area contributed by atoms with Crippen LogP contribution in [0, 0.1) is 18.6 Å². The number of H-pyrrole nitrogens is 1. The van der Waals surface area contributed by atoms with E-state index in [2.05, 4.69) is 19.9 Å². The molecular weight excluding hydrogens is 364 g/mol. The predicted octanol–water partition coefficient (Wildman–Crippen LogP) is 3.47. The van der Waals surface area contributed by atoms with Crippen LogP contribution in [0.2, 0.25) is 0 Å². The molecule has 0 unspecified atom stereocenters. The Bertz CT molecular complexity index is 994. The molecule has 0 atom stereocenters. The number of nitrogens with one attached hydrogen (secondary N) is 1. The highest BCUT2D eigenvalue weighted by molar-refractivity contribution is 5.92. The van der Waals surface area contributed by atoms with Gasteiger partial charge in [-0.1, -0.05) is 0 Å². The van der Waals surface area contributed by atoms with Crippen molar-refractivity contribution in [1.29, 1.82) is 0 Å². The van der Waals surface area contributed by atoms with Crippen molar-refractivity contribution in [1.82, 2.24) is 24.8 Å². The summed E-state index contributed by atoms with van der Waals surface area (Å²) in [6, 6.07) is 3.76. The van der Waals surface area contributed by atoms with Crippen molar-refractivity contribution in [3.8, 4) is 11.3 Å².